The molecule has 8 heteroatoms. The molecule has 3 aliphatic rings. The van der Waals surface area contributed by atoms with Gasteiger partial charge in [0.15, 0.2) is 20.9 Å². The van der Waals surface area contributed by atoms with E-state index in [1.165, 1.54) is 0 Å². The Balaban J connectivity index is 1.61. The first-order valence-corrected chi connectivity index (χ1v) is 20.4. The van der Waals surface area contributed by atoms with Crippen molar-refractivity contribution in [3.63, 3.8) is 0 Å². The van der Waals surface area contributed by atoms with Gasteiger partial charge < -0.3 is 28.1 Å². The Bertz CT molecular complexity index is 982. The summed E-state index contributed by atoms with van der Waals surface area (Å²) >= 11 is 3.79. The van der Waals surface area contributed by atoms with Gasteiger partial charge in [0.05, 0.1) is 29.7 Å². The van der Waals surface area contributed by atoms with E-state index in [2.05, 4.69) is 55.7 Å². The number of rotatable bonds is 14. The lowest BCUT2D eigenvalue weighted by Crippen LogP contribution is -2.46. The first-order valence-electron chi connectivity index (χ1n) is 16.6. The maximum atomic E-state index is 7.21. The number of ether oxygens (including phenoxy) is 5. The van der Waals surface area contributed by atoms with Crippen LogP contribution in [0.4, 0.5) is 0 Å². The summed E-state index contributed by atoms with van der Waals surface area (Å²) in [7, 11) is -2.07. The fourth-order valence-electron chi connectivity index (χ4n) is 6.42. The SMILES string of the molecule is C#C[C@H](Br)C[C@H]1[C@H]([C@@H](CCCOc2ccccc2)OC2CCCCO2)[C@@H](OC2CCCCO2)C[C@H]1O[Si](C)(C)C(C)(C)C. The van der Waals surface area contributed by atoms with Crippen molar-refractivity contribution in [1.29, 1.82) is 0 Å². The highest BCUT2D eigenvalue weighted by Gasteiger charge is 2.52. The highest BCUT2D eigenvalue weighted by atomic mass is 79.9. The van der Waals surface area contributed by atoms with Crippen molar-refractivity contribution in [2.24, 2.45) is 11.8 Å². The van der Waals surface area contributed by atoms with E-state index in [1.807, 2.05) is 30.3 Å². The molecule has 0 aromatic heterocycles. The predicted molar refractivity (Wildman–Crippen MR) is 178 cm³/mol. The smallest absolute Gasteiger partial charge is 0.192 e. The van der Waals surface area contributed by atoms with Gasteiger partial charge >= 0.3 is 0 Å². The van der Waals surface area contributed by atoms with E-state index in [9.17, 15) is 0 Å². The van der Waals surface area contributed by atoms with Crippen molar-refractivity contribution >= 4 is 24.2 Å². The molecule has 43 heavy (non-hydrogen) atoms. The first-order chi connectivity index (χ1) is 20.6. The summed E-state index contributed by atoms with van der Waals surface area (Å²) in [5, 5.41) is 0.0962. The van der Waals surface area contributed by atoms with Crippen LogP contribution in [0.2, 0.25) is 18.1 Å². The second kappa shape index (κ2) is 16.6. The minimum absolute atomic E-state index is 0.0341. The fraction of sp³-hybridized carbons (Fsp3) is 0.771. The van der Waals surface area contributed by atoms with E-state index in [4.69, 9.17) is 34.5 Å². The van der Waals surface area contributed by atoms with E-state index >= 15 is 0 Å². The standard InChI is InChI=1S/C35H55BrO6Si/c1-7-26(36)24-28-30(42-43(5,6)35(2,3)4)25-31(41-33-20-12-14-22-39-33)34(28)29(40-32-19-11-13-21-38-32)18-15-23-37-27-16-9-8-10-17-27/h1,8-10,16-17,26,28-34H,11-15,18-25H2,2-6H3/t26-,28+,29+,30+,31-,32?,33?,34+/m0/s1. The van der Waals surface area contributed by atoms with Crippen LogP contribution >= 0.6 is 15.9 Å². The van der Waals surface area contributed by atoms with Gasteiger partial charge in [-0.2, -0.15) is 0 Å². The summed E-state index contributed by atoms with van der Waals surface area (Å²) in [6, 6.07) is 10.0. The van der Waals surface area contributed by atoms with Crippen LogP contribution in [0.1, 0.15) is 85.0 Å². The van der Waals surface area contributed by atoms with Crippen molar-refractivity contribution in [3.8, 4) is 18.1 Å². The minimum atomic E-state index is -2.07. The maximum absolute atomic E-state index is 7.21. The Hall–Kier alpha value is -0.923. The monoisotopic (exact) mass is 678 g/mol. The summed E-state index contributed by atoms with van der Waals surface area (Å²) in [4.78, 5) is -0.0526. The van der Waals surface area contributed by atoms with Gasteiger partial charge in [0, 0.05) is 19.1 Å². The lowest BCUT2D eigenvalue weighted by Gasteiger charge is -2.41. The number of para-hydroxylation sites is 1. The maximum Gasteiger partial charge on any atom is 0.192 e. The predicted octanol–water partition coefficient (Wildman–Crippen LogP) is 8.48. The fourth-order valence-corrected chi connectivity index (χ4v) is 8.23. The zero-order chi connectivity index (χ0) is 30.9. The largest absolute Gasteiger partial charge is 0.494 e. The van der Waals surface area contributed by atoms with Gasteiger partial charge in [-0.3, -0.25) is 0 Å². The minimum Gasteiger partial charge on any atom is -0.494 e. The molecule has 2 aliphatic heterocycles. The molecule has 2 saturated heterocycles. The average molecular weight is 680 g/mol. The Labute approximate surface area is 270 Å². The number of hydrogen-bond donors (Lipinski definition) is 0. The van der Waals surface area contributed by atoms with Gasteiger partial charge in [-0.25, -0.2) is 0 Å². The molecule has 1 aromatic carbocycles. The van der Waals surface area contributed by atoms with E-state index in [-0.39, 0.29) is 52.6 Å². The number of alkyl halides is 1. The van der Waals surface area contributed by atoms with Crippen molar-refractivity contribution in [2.45, 2.75) is 139 Å². The highest BCUT2D eigenvalue weighted by molar-refractivity contribution is 9.09. The van der Waals surface area contributed by atoms with Crippen LogP contribution in [0.25, 0.3) is 0 Å². The average Bonchev–Trinajstić information content (AvgIpc) is 3.30. The lowest BCUT2D eigenvalue weighted by molar-refractivity contribution is -0.232. The normalized spacial score (nSPS) is 30.0. The molecule has 242 valence electrons. The summed E-state index contributed by atoms with van der Waals surface area (Å²) in [5.74, 6) is 4.09. The van der Waals surface area contributed by atoms with Gasteiger partial charge in [-0.15, -0.1) is 6.42 Å². The molecule has 0 spiro atoms. The summed E-state index contributed by atoms with van der Waals surface area (Å²) in [5.41, 5.74) is 0. The van der Waals surface area contributed by atoms with Crippen molar-refractivity contribution in [2.75, 3.05) is 19.8 Å². The molecule has 1 saturated carbocycles. The molecule has 8 atom stereocenters. The Morgan fingerprint density at radius 3 is 2.28 bits per heavy atom. The lowest BCUT2D eigenvalue weighted by atomic mass is 9.83. The number of hydrogen-bond acceptors (Lipinski definition) is 6. The molecule has 0 bridgehead atoms. The summed E-state index contributed by atoms with van der Waals surface area (Å²) < 4.78 is 39.4. The Morgan fingerprint density at radius 1 is 1.00 bits per heavy atom. The number of benzene rings is 1. The molecule has 2 unspecified atom stereocenters. The Kier molecular flexibility index (Phi) is 13.5. The molecule has 3 fully saturated rings. The van der Waals surface area contributed by atoms with Crippen molar-refractivity contribution in [1.82, 2.24) is 0 Å². The zero-order valence-electron chi connectivity index (χ0n) is 27.1. The van der Waals surface area contributed by atoms with Crippen LogP contribution in [0.15, 0.2) is 30.3 Å². The molecule has 1 aromatic rings. The third kappa shape index (κ3) is 10.3. The second-order valence-electron chi connectivity index (χ2n) is 14.0. The topological polar surface area (TPSA) is 55.4 Å². The van der Waals surface area contributed by atoms with E-state index in [0.717, 1.165) is 83.2 Å². The third-order valence-corrected chi connectivity index (χ3v) is 14.9. The first kappa shape index (κ1) is 34.9. The number of halogens is 1. The van der Waals surface area contributed by atoms with Crippen molar-refractivity contribution in [3.05, 3.63) is 30.3 Å². The van der Waals surface area contributed by atoms with Gasteiger partial charge in [0.1, 0.15) is 5.75 Å². The van der Waals surface area contributed by atoms with Crippen molar-refractivity contribution < 1.29 is 28.1 Å². The summed E-state index contributed by atoms with van der Waals surface area (Å²) in [6.07, 6.45) is 15.1. The molecule has 0 N–H and O–H groups in total. The molecule has 6 nitrogen and oxygen atoms in total. The quantitative estimate of drug-likeness (QED) is 0.0851. The third-order valence-electron chi connectivity index (χ3n) is 9.78. The Morgan fingerprint density at radius 2 is 1.67 bits per heavy atom. The molecular weight excluding hydrogens is 624 g/mol. The van der Waals surface area contributed by atoms with Crippen LogP contribution in [0.3, 0.4) is 0 Å². The van der Waals surface area contributed by atoms with Gasteiger partial charge in [-0.05, 0) is 100 Å². The van der Waals surface area contributed by atoms with Crippen LogP contribution in [0, 0.1) is 24.2 Å². The molecule has 0 amide bonds. The zero-order valence-corrected chi connectivity index (χ0v) is 29.7. The van der Waals surface area contributed by atoms with E-state index < -0.39 is 8.32 Å². The van der Waals surface area contributed by atoms with Gasteiger partial charge in [-0.1, -0.05) is 60.8 Å². The van der Waals surface area contributed by atoms with Crippen LogP contribution < -0.4 is 4.74 Å². The molecule has 1 aliphatic carbocycles. The van der Waals surface area contributed by atoms with Gasteiger partial charge in [0.2, 0.25) is 0 Å². The van der Waals surface area contributed by atoms with E-state index in [1.54, 1.807) is 0 Å². The molecule has 4 rings (SSSR count). The summed E-state index contributed by atoms with van der Waals surface area (Å²) in [6.45, 7) is 13.7. The molecular formula is C35H55BrO6Si. The van der Waals surface area contributed by atoms with Crippen LogP contribution in [0.5, 0.6) is 5.75 Å². The molecule has 2 heterocycles. The molecule has 0 radical (unpaired) electrons. The number of terminal acetylenes is 1. The van der Waals surface area contributed by atoms with E-state index in [0.29, 0.717) is 6.61 Å². The highest BCUT2D eigenvalue weighted by Crippen LogP contribution is 2.48. The second-order valence-corrected chi connectivity index (χ2v) is 19.9. The van der Waals surface area contributed by atoms with Crippen LogP contribution in [-0.4, -0.2) is 63.9 Å². The van der Waals surface area contributed by atoms with Gasteiger partial charge in [0.25, 0.3) is 0 Å². The van der Waals surface area contributed by atoms with Crippen LogP contribution in [-0.2, 0) is 23.4 Å².